The Bertz CT molecular complexity index is 665. The SMILES string of the molecule is O=C(CNC(=O)c1ccc2ccccc2n1)NC1CC1. The highest BCUT2D eigenvalue weighted by molar-refractivity contribution is 5.96. The molecule has 0 spiro atoms. The van der Waals surface area contributed by atoms with Crippen molar-refractivity contribution in [3.63, 3.8) is 0 Å². The van der Waals surface area contributed by atoms with Crippen LogP contribution in [0.1, 0.15) is 23.3 Å². The molecule has 1 aliphatic rings. The smallest absolute Gasteiger partial charge is 0.270 e. The third-order valence-electron chi connectivity index (χ3n) is 3.18. The van der Waals surface area contributed by atoms with Crippen LogP contribution < -0.4 is 10.6 Å². The van der Waals surface area contributed by atoms with Crippen LogP contribution in [0.25, 0.3) is 10.9 Å². The number of nitrogens with zero attached hydrogens (tertiary/aromatic N) is 1. The van der Waals surface area contributed by atoms with Crippen LogP contribution in [0.5, 0.6) is 0 Å². The molecule has 1 aliphatic carbocycles. The Morgan fingerprint density at radius 3 is 2.75 bits per heavy atom. The maximum absolute atomic E-state index is 11.9. The summed E-state index contributed by atoms with van der Waals surface area (Å²) < 4.78 is 0. The van der Waals surface area contributed by atoms with Crippen molar-refractivity contribution in [2.75, 3.05) is 6.54 Å². The second-order valence-corrected chi connectivity index (χ2v) is 4.91. The van der Waals surface area contributed by atoms with Gasteiger partial charge in [-0.2, -0.15) is 0 Å². The van der Waals surface area contributed by atoms with Gasteiger partial charge in [0.05, 0.1) is 12.1 Å². The van der Waals surface area contributed by atoms with Crippen molar-refractivity contribution >= 4 is 22.7 Å². The summed E-state index contributed by atoms with van der Waals surface area (Å²) in [4.78, 5) is 27.7. The summed E-state index contributed by atoms with van der Waals surface area (Å²) in [6, 6.07) is 11.4. The Balaban J connectivity index is 1.63. The fourth-order valence-corrected chi connectivity index (χ4v) is 1.95. The lowest BCUT2D eigenvalue weighted by Gasteiger charge is -2.06. The first-order valence-corrected chi connectivity index (χ1v) is 6.66. The monoisotopic (exact) mass is 269 g/mol. The lowest BCUT2D eigenvalue weighted by molar-refractivity contribution is -0.120. The van der Waals surface area contributed by atoms with E-state index in [0.29, 0.717) is 11.7 Å². The molecule has 2 aromatic rings. The molecule has 102 valence electrons. The van der Waals surface area contributed by atoms with Gasteiger partial charge < -0.3 is 10.6 Å². The minimum absolute atomic E-state index is 0.0101. The van der Waals surface area contributed by atoms with E-state index < -0.39 is 0 Å². The summed E-state index contributed by atoms with van der Waals surface area (Å²) in [7, 11) is 0. The second-order valence-electron chi connectivity index (χ2n) is 4.91. The molecule has 2 N–H and O–H groups in total. The van der Waals surface area contributed by atoms with Gasteiger partial charge in [0.1, 0.15) is 5.69 Å². The van der Waals surface area contributed by atoms with Gasteiger partial charge in [-0.1, -0.05) is 24.3 Å². The van der Waals surface area contributed by atoms with Gasteiger partial charge in [0.2, 0.25) is 5.91 Å². The Labute approximate surface area is 116 Å². The second kappa shape index (κ2) is 5.28. The van der Waals surface area contributed by atoms with Gasteiger partial charge in [0.15, 0.2) is 0 Å². The molecule has 5 nitrogen and oxygen atoms in total. The Morgan fingerprint density at radius 1 is 1.15 bits per heavy atom. The molecule has 20 heavy (non-hydrogen) atoms. The van der Waals surface area contributed by atoms with Gasteiger partial charge in [-0.25, -0.2) is 4.98 Å². The number of carbonyl (C=O) groups is 2. The molecule has 0 unspecified atom stereocenters. The summed E-state index contributed by atoms with van der Waals surface area (Å²) in [6.07, 6.45) is 2.07. The summed E-state index contributed by atoms with van der Waals surface area (Å²) in [5.74, 6) is -0.483. The van der Waals surface area contributed by atoms with E-state index in [1.54, 1.807) is 6.07 Å². The average molecular weight is 269 g/mol. The van der Waals surface area contributed by atoms with Crippen molar-refractivity contribution in [2.45, 2.75) is 18.9 Å². The summed E-state index contributed by atoms with van der Waals surface area (Å²) in [5, 5.41) is 6.38. The zero-order valence-corrected chi connectivity index (χ0v) is 10.9. The molecule has 5 heteroatoms. The predicted octanol–water partition coefficient (Wildman–Crippen LogP) is 1.24. The third kappa shape index (κ3) is 2.93. The van der Waals surface area contributed by atoms with Gasteiger partial charge in [-0.3, -0.25) is 9.59 Å². The van der Waals surface area contributed by atoms with Crippen LogP contribution >= 0.6 is 0 Å². The molecule has 1 saturated carbocycles. The van der Waals surface area contributed by atoms with E-state index >= 15 is 0 Å². The Morgan fingerprint density at radius 2 is 1.95 bits per heavy atom. The van der Waals surface area contributed by atoms with Gasteiger partial charge in [-0.15, -0.1) is 0 Å². The van der Waals surface area contributed by atoms with E-state index in [2.05, 4.69) is 15.6 Å². The van der Waals surface area contributed by atoms with Crippen LogP contribution in [0.15, 0.2) is 36.4 Å². The van der Waals surface area contributed by atoms with Crippen molar-refractivity contribution in [3.05, 3.63) is 42.1 Å². The fourth-order valence-electron chi connectivity index (χ4n) is 1.95. The van der Waals surface area contributed by atoms with E-state index in [9.17, 15) is 9.59 Å². The van der Waals surface area contributed by atoms with Crippen molar-refractivity contribution in [1.82, 2.24) is 15.6 Å². The van der Waals surface area contributed by atoms with Crippen molar-refractivity contribution in [2.24, 2.45) is 0 Å². The van der Waals surface area contributed by atoms with Crippen LogP contribution in [0.3, 0.4) is 0 Å². The number of pyridine rings is 1. The Hall–Kier alpha value is -2.43. The largest absolute Gasteiger partial charge is 0.352 e. The van der Waals surface area contributed by atoms with E-state index in [4.69, 9.17) is 0 Å². The minimum Gasteiger partial charge on any atom is -0.352 e. The highest BCUT2D eigenvalue weighted by atomic mass is 16.2. The average Bonchev–Trinajstić information content (AvgIpc) is 3.28. The standard InChI is InChI=1S/C15H15N3O2/c19-14(17-11-6-7-11)9-16-15(20)13-8-5-10-3-1-2-4-12(10)18-13/h1-5,8,11H,6-7,9H2,(H,16,20)(H,17,19). The van der Waals surface area contributed by atoms with Gasteiger partial charge in [-0.05, 0) is 25.0 Å². The van der Waals surface area contributed by atoms with Crippen molar-refractivity contribution < 1.29 is 9.59 Å². The minimum atomic E-state index is -0.332. The van der Waals surface area contributed by atoms with Crippen LogP contribution in [0.2, 0.25) is 0 Å². The maximum atomic E-state index is 11.9. The zero-order valence-electron chi connectivity index (χ0n) is 10.9. The number of hydrogen-bond acceptors (Lipinski definition) is 3. The molecular formula is C15H15N3O2. The van der Waals surface area contributed by atoms with Crippen LogP contribution in [-0.4, -0.2) is 29.4 Å². The number of amides is 2. The molecule has 3 rings (SSSR count). The molecule has 0 bridgehead atoms. The maximum Gasteiger partial charge on any atom is 0.270 e. The first-order chi connectivity index (χ1) is 9.72. The molecule has 0 aliphatic heterocycles. The van der Waals surface area contributed by atoms with Gasteiger partial charge in [0.25, 0.3) is 5.91 Å². The number of aromatic nitrogens is 1. The summed E-state index contributed by atoms with van der Waals surface area (Å²) in [5.41, 5.74) is 1.09. The molecule has 0 radical (unpaired) electrons. The van der Waals surface area contributed by atoms with E-state index in [1.807, 2.05) is 30.3 Å². The van der Waals surface area contributed by atoms with Crippen LogP contribution in [0, 0.1) is 0 Å². The highest BCUT2D eigenvalue weighted by Crippen LogP contribution is 2.18. The lowest BCUT2D eigenvalue weighted by atomic mass is 10.2. The zero-order chi connectivity index (χ0) is 13.9. The molecule has 1 fully saturated rings. The Kier molecular flexibility index (Phi) is 3.33. The molecule has 0 saturated heterocycles. The lowest BCUT2D eigenvalue weighted by Crippen LogP contribution is -2.38. The van der Waals surface area contributed by atoms with E-state index in [1.165, 1.54) is 0 Å². The van der Waals surface area contributed by atoms with Crippen molar-refractivity contribution in [1.29, 1.82) is 0 Å². The van der Waals surface area contributed by atoms with Crippen LogP contribution in [-0.2, 0) is 4.79 Å². The quantitative estimate of drug-likeness (QED) is 0.877. The normalized spacial score (nSPS) is 14.0. The highest BCUT2D eigenvalue weighted by Gasteiger charge is 2.23. The predicted molar refractivity (Wildman–Crippen MR) is 75.2 cm³/mol. The summed E-state index contributed by atoms with van der Waals surface area (Å²) in [6.45, 7) is -0.0101. The number of rotatable bonds is 4. The molecule has 1 aromatic heterocycles. The van der Waals surface area contributed by atoms with E-state index in [-0.39, 0.29) is 18.4 Å². The molecule has 0 atom stereocenters. The number of para-hydroxylation sites is 1. The number of nitrogens with one attached hydrogen (secondary N) is 2. The molecule has 2 amide bonds. The number of benzene rings is 1. The van der Waals surface area contributed by atoms with Crippen LogP contribution in [0.4, 0.5) is 0 Å². The number of hydrogen-bond donors (Lipinski definition) is 2. The van der Waals surface area contributed by atoms with Crippen molar-refractivity contribution in [3.8, 4) is 0 Å². The number of fused-ring (bicyclic) bond motifs is 1. The fraction of sp³-hybridized carbons (Fsp3) is 0.267. The molecule has 1 heterocycles. The number of carbonyl (C=O) groups excluding carboxylic acids is 2. The molecule has 1 aromatic carbocycles. The first kappa shape index (κ1) is 12.6. The van der Waals surface area contributed by atoms with Gasteiger partial charge >= 0.3 is 0 Å². The third-order valence-corrected chi connectivity index (χ3v) is 3.18. The molecular weight excluding hydrogens is 254 g/mol. The van der Waals surface area contributed by atoms with E-state index in [0.717, 1.165) is 23.7 Å². The summed E-state index contributed by atoms with van der Waals surface area (Å²) >= 11 is 0. The van der Waals surface area contributed by atoms with Gasteiger partial charge in [0, 0.05) is 11.4 Å². The topological polar surface area (TPSA) is 71.1 Å². The first-order valence-electron chi connectivity index (χ1n) is 6.66.